The Morgan fingerprint density at radius 1 is 1.21 bits per heavy atom. The molecular formula is C19H15N3O4S2. The Balaban J connectivity index is 1.39. The first-order chi connectivity index (χ1) is 13.7. The fraction of sp³-hybridized carbons (Fsp3) is 0.158. The highest BCUT2D eigenvalue weighted by atomic mass is 32.2. The molecule has 0 bridgehead atoms. The molecule has 0 atom stereocenters. The molecule has 3 heterocycles. The van der Waals surface area contributed by atoms with Gasteiger partial charge in [-0.05, 0) is 30.5 Å². The molecule has 0 aliphatic heterocycles. The smallest absolute Gasteiger partial charge is 0.339 e. The lowest BCUT2D eigenvalue weighted by Crippen LogP contribution is -2.07. The van der Waals surface area contributed by atoms with E-state index in [0.717, 1.165) is 21.9 Å². The maximum absolute atomic E-state index is 12.5. The lowest BCUT2D eigenvalue weighted by molar-refractivity contribution is 0.0425. The molecule has 0 radical (unpaired) electrons. The Morgan fingerprint density at radius 3 is 2.89 bits per heavy atom. The van der Waals surface area contributed by atoms with E-state index in [1.54, 1.807) is 23.5 Å². The number of rotatable bonds is 7. The molecular weight excluding hydrogens is 398 g/mol. The molecule has 28 heavy (non-hydrogen) atoms. The summed E-state index contributed by atoms with van der Waals surface area (Å²) in [6, 6.07) is 11.0. The molecule has 0 spiro atoms. The molecule has 3 aromatic heterocycles. The average molecular weight is 413 g/mol. The second-order valence-electron chi connectivity index (χ2n) is 5.81. The number of aromatic nitrogens is 3. The minimum Gasteiger partial charge on any atom is -0.452 e. The normalized spacial score (nSPS) is 10.9. The third-order valence-corrected chi connectivity index (χ3v) is 5.52. The maximum atomic E-state index is 12.5. The van der Waals surface area contributed by atoms with E-state index in [9.17, 15) is 4.79 Å². The van der Waals surface area contributed by atoms with E-state index in [0.29, 0.717) is 17.1 Å². The van der Waals surface area contributed by atoms with Crippen LogP contribution in [-0.4, -0.2) is 21.3 Å². The van der Waals surface area contributed by atoms with Crippen LogP contribution in [0.5, 0.6) is 0 Å². The fourth-order valence-corrected chi connectivity index (χ4v) is 3.98. The van der Waals surface area contributed by atoms with Crippen molar-refractivity contribution in [2.24, 2.45) is 0 Å². The summed E-state index contributed by atoms with van der Waals surface area (Å²) < 4.78 is 15.6. The van der Waals surface area contributed by atoms with E-state index < -0.39 is 5.97 Å². The number of thiophene rings is 1. The van der Waals surface area contributed by atoms with Gasteiger partial charge in [0.05, 0.1) is 11.3 Å². The van der Waals surface area contributed by atoms with E-state index in [1.165, 1.54) is 11.8 Å². The van der Waals surface area contributed by atoms with E-state index in [-0.39, 0.29) is 12.5 Å². The minimum atomic E-state index is -0.449. The van der Waals surface area contributed by atoms with Crippen LogP contribution in [0.25, 0.3) is 11.4 Å². The van der Waals surface area contributed by atoms with Gasteiger partial charge in [-0.25, -0.2) is 4.79 Å². The van der Waals surface area contributed by atoms with Crippen LogP contribution < -0.4 is 0 Å². The third-order valence-electron chi connectivity index (χ3n) is 3.73. The number of carbonyl (C=O) groups is 1. The van der Waals surface area contributed by atoms with E-state index in [1.807, 2.05) is 41.9 Å². The Labute approximate surface area is 168 Å². The summed E-state index contributed by atoms with van der Waals surface area (Å²) in [7, 11) is 0. The summed E-state index contributed by atoms with van der Waals surface area (Å²) in [6.07, 6.45) is 0. The van der Waals surface area contributed by atoms with Gasteiger partial charge in [0.1, 0.15) is 5.76 Å². The molecule has 142 valence electrons. The quantitative estimate of drug-likeness (QED) is 0.317. The van der Waals surface area contributed by atoms with Gasteiger partial charge in [0.25, 0.3) is 5.89 Å². The van der Waals surface area contributed by atoms with Crippen molar-refractivity contribution >= 4 is 29.1 Å². The number of ether oxygens (including phenoxy) is 1. The summed E-state index contributed by atoms with van der Waals surface area (Å²) >= 11 is 3.04. The number of benzene rings is 1. The van der Waals surface area contributed by atoms with Crippen molar-refractivity contribution < 1.29 is 18.6 Å². The molecule has 0 aliphatic rings. The van der Waals surface area contributed by atoms with Crippen LogP contribution in [0, 0.1) is 6.92 Å². The predicted molar refractivity (Wildman–Crippen MR) is 104 cm³/mol. The topological polar surface area (TPSA) is 91.2 Å². The zero-order valence-corrected chi connectivity index (χ0v) is 16.5. The molecule has 0 amide bonds. The van der Waals surface area contributed by atoms with Gasteiger partial charge in [-0.2, -0.15) is 16.3 Å². The summed E-state index contributed by atoms with van der Waals surface area (Å²) in [5.74, 6) is 1.62. The summed E-state index contributed by atoms with van der Waals surface area (Å²) in [6.45, 7) is 1.76. The van der Waals surface area contributed by atoms with Gasteiger partial charge in [-0.1, -0.05) is 22.4 Å². The number of thioether (sulfide) groups is 1. The highest BCUT2D eigenvalue weighted by Crippen LogP contribution is 2.27. The molecule has 0 saturated carbocycles. The second kappa shape index (κ2) is 8.41. The van der Waals surface area contributed by atoms with E-state index in [4.69, 9.17) is 13.8 Å². The third kappa shape index (κ3) is 4.32. The fourth-order valence-electron chi connectivity index (χ4n) is 2.43. The first-order valence-electron chi connectivity index (χ1n) is 8.35. The van der Waals surface area contributed by atoms with Gasteiger partial charge in [-0.3, -0.25) is 0 Å². The monoisotopic (exact) mass is 413 g/mol. The Bertz CT molecular complexity index is 1070. The number of nitrogens with zero attached hydrogens (tertiary/aromatic N) is 3. The standard InChI is InChI=1S/C19H15N3O4S2/c1-12-8-14(21-25-12)11-28-16-5-3-2-4-15(16)19(23)24-9-17-20-18(22-26-17)13-6-7-27-10-13/h2-8,10H,9,11H2,1H3. The number of hydrogen-bond acceptors (Lipinski definition) is 9. The summed E-state index contributed by atoms with van der Waals surface area (Å²) in [4.78, 5) is 17.6. The number of hydrogen-bond donors (Lipinski definition) is 0. The Morgan fingerprint density at radius 2 is 2.11 bits per heavy atom. The van der Waals surface area contributed by atoms with Crippen molar-refractivity contribution in [3.63, 3.8) is 0 Å². The molecule has 0 aliphatic carbocycles. The highest BCUT2D eigenvalue weighted by molar-refractivity contribution is 7.98. The molecule has 0 unspecified atom stereocenters. The summed E-state index contributed by atoms with van der Waals surface area (Å²) in [5, 5.41) is 11.7. The maximum Gasteiger partial charge on any atom is 0.339 e. The zero-order valence-electron chi connectivity index (χ0n) is 14.8. The van der Waals surface area contributed by atoms with Gasteiger partial charge in [0.15, 0.2) is 6.61 Å². The van der Waals surface area contributed by atoms with Crippen molar-refractivity contribution in [3.05, 3.63) is 70.1 Å². The number of esters is 1. The van der Waals surface area contributed by atoms with Gasteiger partial charge >= 0.3 is 5.97 Å². The van der Waals surface area contributed by atoms with Crippen LogP contribution in [0.15, 0.2) is 61.1 Å². The van der Waals surface area contributed by atoms with Crippen LogP contribution in [0.4, 0.5) is 0 Å². The van der Waals surface area contributed by atoms with Crippen LogP contribution in [0.1, 0.15) is 27.7 Å². The first-order valence-corrected chi connectivity index (χ1v) is 10.3. The van der Waals surface area contributed by atoms with Gasteiger partial charge in [0.2, 0.25) is 5.82 Å². The minimum absolute atomic E-state index is 0.0859. The molecule has 9 heteroatoms. The van der Waals surface area contributed by atoms with E-state index in [2.05, 4.69) is 15.3 Å². The lowest BCUT2D eigenvalue weighted by atomic mass is 10.2. The average Bonchev–Trinajstić information content (AvgIpc) is 3.46. The van der Waals surface area contributed by atoms with Crippen LogP contribution in [0.2, 0.25) is 0 Å². The molecule has 1 aromatic carbocycles. The molecule has 7 nitrogen and oxygen atoms in total. The van der Waals surface area contributed by atoms with Crippen molar-refractivity contribution in [2.75, 3.05) is 0 Å². The Kier molecular flexibility index (Phi) is 5.54. The van der Waals surface area contributed by atoms with Crippen molar-refractivity contribution in [2.45, 2.75) is 24.2 Å². The molecule has 0 N–H and O–H groups in total. The van der Waals surface area contributed by atoms with Gasteiger partial charge < -0.3 is 13.8 Å². The SMILES string of the molecule is Cc1cc(CSc2ccccc2C(=O)OCc2nc(-c3ccsc3)no2)no1. The largest absolute Gasteiger partial charge is 0.452 e. The van der Waals surface area contributed by atoms with Crippen molar-refractivity contribution in [1.29, 1.82) is 0 Å². The predicted octanol–water partition coefficient (Wildman–Crippen LogP) is 4.74. The van der Waals surface area contributed by atoms with Crippen LogP contribution in [-0.2, 0) is 17.1 Å². The van der Waals surface area contributed by atoms with Crippen LogP contribution >= 0.6 is 23.1 Å². The van der Waals surface area contributed by atoms with Crippen molar-refractivity contribution in [3.8, 4) is 11.4 Å². The number of aryl methyl sites for hydroxylation is 1. The van der Waals surface area contributed by atoms with Gasteiger partial charge in [-0.15, -0.1) is 11.8 Å². The Hall–Kier alpha value is -2.91. The van der Waals surface area contributed by atoms with Crippen LogP contribution in [0.3, 0.4) is 0 Å². The first kappa shape index (κ1) is 18.5. The second-order valence-corrected chi connectivity index (χ2v) is 7.61. The van der Waals surface area contributed by atoms with Crippen molar-refractivity contribution in [1.82, 2.24) is 15.3 Å². The summed E-state index contributed by atoms with van der Waals surface area (Å²) in [5.41, 5.74) is 2.17. The molecule has 0 fully saturated rings. The molecule has 4 aromatic rings. The van der Waals surface area contributed by atoms with E-state index >= 15 is 0 Å². The molecule has 0 saturated heterocycles. The highest BCUT2D eigenvalue weighted by Gasteiger charge is 2.16. The molecule has 4 rings (SSSR count). The lowest BCUT2D eigenvalue weighted by Gasteiger charge is -2.07. The van der Waals surface area contributed by atoms with Gasteiger partial charge in [0, 0.05) is 27.7 Å². The number of carbonyl (C=O) groups excluding carboxylic acids is 1. The zero-order chi connectivity index (χ0) is 19.3.